The number of halogens is 2. The molecule has 23 heavy (non-hydrogen) atoms. The maximum atomic E-state index is 9.24. The predicted molar refractivity (Wildman–Crippen MR) is 92.7 cm³/mol. The fraction of sp³-hybridized carbons (Fsp3) is 0.385. The SMILES string of the molecule is C[C@@H]1CN(c2snc(Cl)c2C#N)CCN1c1snc(Cl)c1C#N. The molecule has 1 atom stereocenters. The molecule has 0 spiro atoms. The zero-order chi connectivity index (χ0) is 16.6. The van der Waals surface area contributed by atoms with E-state index in [2.05, 4.69) is 37.6 Å². The summed E-state index contributed by atoms with van der Waals surface area (Å²) in [5.74, 6) is 0. The van der Waals surface area contributed by atoms with Crippen molar-refractivity contribution in [1.29, 1.82) is 10.5 Å². The minimum atomic E-state index is 0.139. The molecule has 0 aromatic carbocycles. The summed E-state index contributed by atoms with van der Waals surface area (Å²) in [4.78, 5) is 4.24. The molecule has 6 nitrogen and oxygen atoms in total. The van der Waals surface area contributed by atoms with Gasteiger partial charge in [-0.2, -0.15) is 19.3 Å². The number of hydrogen-bond donors (Lipinski definition) is 0. The van der Waals surface area contributed by atoms with Gasteiger partial charge in [-0.15, -0.1) is 0 Å². The third-order valence-corrected chi connectivity index (χ3v) is 6.21. The topological polar surface area (TPSA) is 79.8 Å². The summed E-state index contributed by atoms with van der Waals surface area (Å²) in [6.07, 6.45) is 0. The second-order valence-electron chi connectivity index (χ2n) is 5.02. The van der Waals surface area contributed by atoms with E-state index in [-0.39, 0.29) is 16.3 Å². The van der Waals surface area contributed by atoms with Gasteiger partial charge in [0.05, 0.1) is 0 Å². The first-order valence-corrected chi connectivity index (χ1v) is 8.99. The summed E-state index contributed by atoms with van der Waals surface area (Å²) in [5, 5.41) is 20.6. The number of hydrogen-bond acceptors (Lipinski definition) is 8. The molecule has 0 amide bonds. The number of rotatable bonds is 2. The van der Waals surface area contributed by atoms with Gasteiger partial charge in [0.1, 0.15) is 33.3 Å². The summed E-state index contributed by atoms with van der Waals surface area (Å²) in [6, 6.07) is 4.37. The first-order chi connectivity index (χ1) is 11.1. The molecule has 3 rings (SSSR count). The molecule has 1 fully saturated rings. The Hall–Kier alpha value is -1.58. The Balaban J connectivity index is 1.83. The van der Waals surface area contributed by atoms with Crippen molar-refractivity contribution in [3.63, 3.8) is 0 Å². The average molecular weight is 385 g/mol. The molecule has 10 heteroatoms. The summed E-state index contributed by atoms with van der Waals surface area (Å²) < 4.78 is 8.12. The third kappa shape index (κ3) is 2.84. The summed E-state index contributed by atoms with van der Waals surface area (Å²) in [7, 11) is 0. The van der Waals surface area contributed by atoms with Crippen LogP contribution in [0.2, 0.25) is 10.3 Å². The largest absolute Gasteiger partial charge is 0.357 e. The van der Waals surface area contributed by atoms with Crippen LogP contribution in [0.5, 0.6) is 0 Å². The highest BCUT2D eigenvalue weighted by Crippen LogP contribution is 2.36. The van der Waals surface area contributed by atoms with E-state index in [0.717, 1.165) is 10.0 Å². The van der Waals surface area contributed by atoms with Gasteiger partial charge in [-0.05, 0) is 30.0 Å². The van der Waals surface area contributed by atoms with E-state index in [1.165, 1.54) is 23.1 Å². The van der Waals surface area contributed by atoms with Crippen LogP contribution in [0.15, 0.2) is 0 Å². The van der Waals surface area contributed by atoms with Crippen molar-refractivity contribution >= 4 is 56.3 Å². The summed E-state index contributed by atoms with van der Waals surface area (Å²) >= 11 is 14.4. The molecule has 0 saturated carbocycles. The highest BCUT2D eigenvalue weighted by atomic mass is 35.5. The third-order valence-electron chi connectivity index (χ3n) is 3.66. The van der Waals surface area contributed by atoms with Crippen molar-refractivity contribution in [2.45, 2.75) is 13.0 Å². The van der Waals surface area contributed by atoms with Crippen molar-refractivity contribution < 1.29 is 0 Å². The van der Waals surface area contributed by atoms with E-state index in [1.54, 1.807) is 0 Å². The van der Waals surface area contributed by atoms with Crippen LogP contribution in [0.1, 0.15) is 18.1 Å². The molecule has 3 heterocycles. The Morgan fingerprint density at radius 2 is 1.61 bits per heavy atom. The van der Waals surface area contributed by atoms with Crippen LogP contribution in [0.3, 0.4) is 0 Å². The molecular weight excluding hydrogens is 375 g/mol. The van der Waals surface area contributed by atoms with Crippen molar-refractivity contribution in [2.75, 3.05) is 29.4 Å². The maximum Gasteiger partial charge on any atom is 0.162 e. The van der Waals surface area contributed by atoms with Gasteiger partial charge in [-0.25, -0.2) is 0 Å². The molecule has 118 valence electrons. The monoisotopic (exact) mass is 384 g/mol. The molecule has 1 saturated heterocycles. The van der Waals surface area contributed by atoms with Crippen LogP contribution < -0.4 is 9.80 Å². The van der Waals surface area contributed by atoms with Crippen LogP contribution in [0.25, 0.3) is 0 Å². The van der Waals surface area contributed by atoms with Crippen molar-refractivity contribution in [2.24, 2.45) is 0 Å². The number of nitriles is 2. The van der Waals surface area contributed by atoms with E-state index in [4.69, 9.17) is 23.2 Å². The van der Waals surface area contributed by atoms with Gasteiger partial charge in [0.2, 0.25) is 0 Å². The number of piperazine rings is 1. The van der Waals surface area contributed by atoms with E-state index >= 15 is 0 Å². The lowest BCUT2D eigenvalue weighted by Gasteiger charge is -2.40. The van der Waals surface area contributed by atoms with Gasteiger partial charge in [0.25, 0.3) is 0 Å². The minimum Gasteiger partial charge on any atom is -0.357 e. The number of aromatic nitrogens is 2. The molecule has 2 aromatic rings. The van der Waals surface area contributed by atoms with Crippen LogP contribution in [-0.2, 0) is 0 Å². The molecule has 0 bridgehead atoms. The quantitative estimate of drug-likeness (QED) is 0.789. The molecule has 0 unspecified atom stereocenters. The van der Waals surface area contributed by atoms with E-state index in [9.17, 15) is 10.5 Å². The molecule has 0 aliphatic carbocycles. The summed E-state index contributed by atoms with van der Waals surface area (Å²) in [6.45, 7) is 4.18. The van der Waals surface area contributed by atoms with Crippen molar-refractivity contribution in [1.82, 2.24) is 8.75 Å². The number of anilines is 2. The lowest BCUT2D eigenvalue weighted by Crippen LogP contribution is -2.52. The van der Waals surface area contributed by atoms with Gasteiger partial charge >= 0.3 is 0 Å². The molecular formula is C13H10Cl2N6S2. The van der Waals surface area contributed by atoms with Crippen LogP contribution in [0.4, 0.5) is 10.0 Å². The van der Waals surface area contributed by atoms with E-state index in [1.807, 2.05) is 0 Å². The van der Waals surface area contributed by atoms with Gasteiger partial charge in [-0.3, -0.25) is 0 Å². The highest BCUT2D eigenvalue weighted by Gasteiger charge is 2.30. The van der Waals surface area contributed by atoms with Gasteiger partial charge < -0.3 is 9.80 Å². The molecule has 0 N–H and O–H groups in total. The maximum absolute atomic E-state index is 9.24. The minimum absolute atomic E-state index is 0.139. The van der Waals surface area contributed by atoms with Crippen molar-refractivity contribution in [3.8, 4) is 12.1 Å². The van der Waals surface area contributed by atoms with Crippen molar-refractivity contribution in [3.05, 3.63) is 21.4 Å². The Kier molecular flexibility index (Phi) is 4.60. The van der Waals surface area contributed by atoms with Crippen LogP contribution >= 0.6 is 46.3 Å². The lowest BCUT2D eigenvalue weighted by atomic mass is 10.2. The summed E-state index contributed by atoms with van der Waals surface area (Å²) in [5.41, 5.74) is 0.853. The van der Waals surface area contributed by atoms with E-state index < -0.39 is 0 Å². The van der Waals surface area contributed by atoms with E-state index in [0.29, 0.717) is 30.8 Å². The molecule has 1 aliphatic rings. The number of nitrogens with zero attached hydrogens (tertiary/aromatic N) is 6. The first-order valence-electron chi connectivity index (χ1n) is 6.69. The van der Waals surface area contributed by atoms with Crippen LogP contribution in [-0.4, -0.2) is 34.4 Å². The Bertz CT molecular complexity index is 818. The smallest absolute Gasteiger partial charge is 0.162 e. The second kappa shape index (κ2) is 6.50. The Labute approximate surface area is 151 Å². The first kappa shape index (κ1) is 16.3. The fourth-order valence-corrected chi connectivity index (χ4v) is 4.79. The standard InChI is InChI=1S/C13H10Cl2N6S2/c1-7-6-20(12-8(4-16)10(14)18-22-12)2-3-21(7)13-9(5-17)11(15)19-23-13/h7H,2-3,6H2,1H3/t7-/m1/s1. The van der Waals surface area contributed by atoms with Gasteiger partial charge in [-0.1, -0.05) is 23.2 Å². The van der Waals surface area contributed by atoms with Crippen LogP contribution in [0, 0.1) is 22.7 Å². The highest BCUT2D eigenvalue weighted by molar-refractivity contribution is 7.11. The molecule has 1 aliphatic heterocycles. The Morgan fingerprint density at radius 1 is 1.04 bits per heavy atom. The van der Waals surface area contributed by atoms with Gasteiger partial charge in [0, 0.05) is 25.7 Å². The van der Waals surface area contributed by atoms with Gasteiger partial charge in [0.15, 0.2) is 10.3 Å². The molecule has 2 aromatic heterocycles. The average Bonchev–Trinajstić information content (AvgIpc) is 3.09. The lowest BCUT2D eigenvalue weighted by molar-refractivity contribution is 0.555. The second-order valence-corrected chi connectivity index (χ2v) is 7.24. The Morgan fingerprint density at radius 3 is 2.17 bits per heavy atom. The fourth-order valence-electron chi connectivity index (χ4n) is 2.57. The predicted octanol–water partition coefficient (Wildman–Crippen LogP) is 3.36. The zero-order valence-corrected chi connectivity index (χ0v) is 15.1. The molecule has 0 radical (unpaired) electrons. The zero-order valence-electron chi connectivity index (χ0n) is 12.0. The normalized spacial score (nSPS) is 17.9.